The Morgan fingerprint density at radius 2 is 1.74 bits per heavy atom. The summed E-state index contributed by atoms with van der Waals surface area (Å²) in [7, 11) is 0. The number of carbonyl (C=O) groups excluding carboxylic acids is 1. The molecule has 0 unspecified atom stereocenters. The smallest absolute Gasteiger partial charge is 0.344 e. The van der Waals surface area contributed by atoms with Crippen LogP contribution in [0.25, 0.3) is 21.7 Å². The molecule has 3 aromatic carbocycles. The fourth-order valence-electron chi connectivity index (χ4n) is 3.13. The molecular formula is C22H15BrO4. The highest BCUT2D eigenvalue weighted by atomic mass is 79.9. The van der Waals surface area contributed by atoms with E-state index < -0.39 is 0 Å². The molecule has 0 N–H and O–H groups in total. The first-order valence-electron chi connectivity index (χ1n) is 8.41. The Morgan fingerprint density at radius 3 is 2.48 bits per heavy atom. The van der Waals surface area contributed by atoms with Gasteiger partial charge in [-0.3, -0.25) is 4.79 Å². The number of aryl methyl sites for hydroxylation is 1. The second-order valence-corrected chi connectivity index (χ2v) is 7.18. The summed E-state index contributed by atoms with van der Waals surface area (Å²) >= 11 is 3.35. The van der Waals surface area contributed by atoms with Gasteiger partial charge in [0.15, 0.2) is 12.4 Å². The van der Waals surface area contributed by atoms with Crippen molar-refractivity contribution in [1.82, 2.24) is 0 Å². The molecule has 5 heteroatoms. The molecule has 0 amide bonds. The van der Waals surface area contributed by atoms with Crippen LogP contribution in [-0.4, -0.2) is 12.4 Å². The molecule has 0 fully saturated rings. The minimum absolute atomic E-state index is 0.0929. The molecule has 4 aromatic rings. The molecule has 0 atom stereocenters. The first-order chi connectivity index (χ1) is 13.0. The lowest BCUT2D eigenvalue weighted by atomic mass is 10.0. The minimum atomic E-state index is -0.388. The second-order valence-electron chi connectivity index (χ2n) is 6.27. The zero-order chi connectivity index (χ0) is 19.0. The molecule has 4 nitrogen and oxygen atoms in total. The lowest BCUT2D eigenvalue weighted by molar-refractivity contribution is 0.0921. The lowest BCUT2D eigenvalue weighted by Crippen LogP contribution is -2.11. The number of hydrogen-bond donors (Lipinski definition) is 0. The summed E-state index contributed by atoms with van der Waals surface area (Å²) in [4.78, 5) is 24.5. The largest absolute Gasteiger partial charge is 0.485 e. The van der Waals surface area contributed by atoms with Crippen molar-refractivity contribution < 1.29 is 13.9 Å². The summed E-state index contributed by atoms with van der Waals surface area (Å²) in [6.45, 7) is 1.84. The number of halogens is 1. The van der Waals surface area contributed by atoms with Crippen LogP contribution in [0.3, 0.4) is 0 Å². The van der Waals surface area contributed by atoms with Gasteiger partial charge in [-0.1, -0.05) is 46.3 Å². The van der Waals surface area contributed by atoms with Gasteiger partial charge in [0.25, 0.3) is 0 Å². The summed E-state index contributed by atoms with van der Waals surface area (Å²) in [5, 5.41) is 2.27. The van der Waals surface area contributed by atoms with E-state index in [1.54, 1.807) is 24.3 Å². The topological polar surface area (TPSA) is 56.5 Å². The van der Waals surface area contributed by atoms with Crippen molar-refractivity contribution in [3.8, 4) is 5.75 Å². The average Bonchev–Trinajstić information content (AvgIpc) is 2.66. The van der Waals surface area contributed by atoms with Crippen LogP contribution < -0.4 is 10.4 Å². The number of carbonyl (C=O) groups is 1. The number of rotatable bonds is 4. The molecule has 27 heavy (non-hydrogen) atoms. The predicted molar refractivity (Wildman–Crippen MR) is 109 cm³/mol. The molecule has 0 saturated carbocycles. The first-order valence-corrected chi connectivity index (χ1v) is 9.20. The fourth-order valence-corrected chi connectivity index (χ4v) is 3.40. The number of fused-ring (bicyclic) bond motifs is 3. The van der Waals surface area contributed by atoms with Gasteiger partial charge < -0.3 is 9.15 Å². The number of ketones is 1. The monoisotopic (exact) mass is 422 g/mol. The minimum Gasteiger partial charge on any atom is -0.485 e. The van der Waals surface area contributed by atoms with Gasteiger partial charge >= 0.3 is 5.63 Å². The van der Waals surface area contributed by atoms with Crippen LogP contribution in [0.4, 0.5) is 0 Å². The Morgan fingerprint density at radius 1 is 1.04 bits per heavy atom. The summed E-state index contributed by atoms with van der Waals surface area (Å²) in [5.41, 5.74) is 1.55. The Kier molecular flexibility index (Phi) is 4.54. The van der Waals surface area contributed by atoms with Crippen molar-refractivity contribution in [2.45, 2.75) is 6.92 Å². The molecule has 0 saturated heterocycles. The number of ether oxygens (including phenoxy) is 1. The summed E-state index contributed by atoms with van der Waals surface area (Å²) in [6.07, 6.45) is 0. The standard InChI is InChI=1S/C22H15BrO4/c1-13-10-16(26-12-19(24)14-6-8-15(23)9-7-14)11-20-21(13)17-4-2-3-5-18(17)22(25)27-20/h2-11H,12H2,1H3. The van der Waals surface area contributed by atoms with Crippen LogP contribution in [-0.2, 0) is 0 Å². The van der Waals surface area contributed by atoms with Crippen molar-refractivity contribution in [3.05, 3.63) is 86.7 Å². The third kappa shape index (κ3) is 3.38. The maximum atomic E-state index is 12.3. The van der Waals surface area contributed by atoms with Gasteiger partial charge in [-0.25, -0.2) is 4.79 Å². The van der Waals surface area contributed by atoms with Gasteiger partial charge in [0, 0.05) is 26.9 Å². The average molecular weight is 423 g/mol. The van der Waals surface area contributed by atoms with Crippen molar-refractivity contribution in [3.63, 3.8) is 0 Å². The highest BCUT2D eigenvalue weighted by Crippen LogP contribution is 2.30. The predicted octanol–water partition coefficient (Wildman–Crippen LogP) is 5.28. The first kappa shape index (κ1) is 17.5. The normalized spacial score (nSPS) is 11.0. The Bertz CT molecular complexity index is 1220. The molecule has 0 radical (unpaired) electrons. The SMILES string of the molecule is Cc1cc(OCC(=O)c2ccc(Br)cc2)cc2oc(=O)c3ccccc3c12. The van der Waals surface area contributed by atoms with E-state index in [1.807, 2.05) is 43.3 Å². The molecular weight excluding hydrogens is 408 g/mol. The van der Waals surface area contributed by atoms with Crippen molar-refractivity contribution in [2.75, 3.05) is 6.61 Å². The van der Waals surface area contributed by atoms with Crippen LogP contribution in [0, 0.1) is 6.92 Å². The maximum Gasteiger partial charge on any atom is 0.344 e. The zero-order valence-electron chi connectivity index (χ0n) is 14.5. The third-order valence-electron chi connectivity index (χ3n) is 4.43. The second kappa shape index (κ2) is 7.00. The molecule has 0 aliphatic heterocycles. The molecule has 134 valence electrons. The van der Waals surface area contributed by atoms with Crippen molar-refractivity contribution in [1.29, 1.82) is 0 Å². The van der Waals surface area contributed by atoms with Crippen LogP contribution in [0.2, 0.25) is 0 Å². The Labute approximate surface area is 163 Å². The number of Topliss-reactive ketones (excluding diaryl/α,β-unsaturated/α-hetero) is 1. The highest BCUT2D eigenvalue weighted by molar-refractivity contribution is 9.10. The lowest BCUT2D eigenvalue weighted by Gasteiger charge is -2.10. The molecule has 1 heterocycles. The van der Waals surface area contributed by atoms with E-state index >= 15 is 0 Å². The van der Waals surface area contributed by atoms with Crippen LogP contribution in [0.15, 0.2) is 74.3 Å². The molecule has 0 bridgehead atoms. The summed E-state index contributed by atoms with van der Waals surface area (Å²) < 4.78 is 12.1. The van der Waals surface area contributed by atoms with E-state index in [0.717, 1.165) is 20.8 Å². The molecule has 4 rings (SSSR count). The van der Waals surface area contributed by atoms with E-state index in [1.165, 1.54) is 0 Å². The molecule has 1 aromatic heterocycles. The number of hydrogen-bond acceptors (Lipinski definition) is 4. The Hall–Kier alpha value is -2.92. The van der Waals surface area contributed by atoms with E-state index in [4.69, 9.17) is 9.15 Å². The van der Waals surface area contributed by atoms with Crippen LogP contribution in [0.5, 0.6) is 5.75 Å². The molecule has 0 aliphatic carbocycles. The molecule has 0 aliphatic rings. The van der Waals surface area contributed by atoms with E-state index in [2.05, 4.69) is 15.9 Å². The summed E-state index contributed by atoms with van der Waals surface area (Å²) in [6, 6.07) is 18.0. The molecule has 0 spiro atoms. The maximum absolute atomic E-state index is 12.3. The van der Waals surface area contributed by atoms with Gasteiger partial charge in [-0.05, 0) is 36.8 Å². The van der Waals surface area contributed by atoms with Gasteiger partial charge in [0.05, 0.1) is 5.39 Å². The van der Waals surface area contributed by atoms with E-state index in [-0.39, 0.29) is 18.0 Å². The Balaban J connectivity index is 1.67. The van der Waals surface area contributed by atoms with Gasteiger partial charge in [0.1, 0.15) is 11.3 Å². The summed E-state index contributed by atoms with van der Waals surface area (Å²) in [5.74, 6) is 0.365. The van der Waals surface area contributed by atoms with Crippen molar-refractivity contribution >= 4 is 43.5 Å². The third-order valence-corrected chi connectivity index (χ3v) is 4.96. The van der Waals surface area contributed by atoms with Gasteiger partial charge in [-0.15, -0.1) is 0 Å². The van der Waals surface area contributed by atoms with E-state index in [9.17, 15) is 9.59 Å². The van der Waals surface area contributed by atoms with Crippen LogP contribution in [0.1, 0.15) is 15.9 Å². The van der Waals surface area contributed by atoms with Gasteiger partial charge in [0.2, 0.25) is 0 Å². The fraction of sp³-hybridized carbons (Fsp3) is 0.0909. The quantitative estimate of drug-likeness (QED) is 0.255. The van der Waals surface area contributed by atoms with E-state index in [0.29, 0.717) is 22.3 Å². The zero-order valence-corrected chi connectivity index (χ0v) is 16.1. The highest BCUT2D eigenvalue weighted by Gasteiger charge is 2.12. The van der Waals surface area contributed by atoms with Crippen molar-refractivity contribution in [2.24, 2.45) is 0 Å². The van der Waals surface area contributed by atoms with Gasteiger partial charge in [-0.2, -0.15) is 0 Å². The number of benzene rings is 3. The van der Waals surface area contributed by atoms with Crippen LogP contribution >= 0.6 is 15.9 Å².